The summed E-state index contributed by atoms with van der Waals surface area (Å²) in [5.74, 6) is 0.361. The summed E-state index contributed by atoms with van der Waals surface area (Å²) in [5.41, 5.74) is -0.623. The number of urea groups is 1. The molecule has 1 saturated heterocycles. The van der Waals surface area contributed by atoms with Crippen LogP contribution in [0.25, 0.3) is 0 Å². The SMILES string of the molecule is COCC(NC(=O)N1C[C@@H](C)[C@](C)(C(=O)OC)C1)C1CC1. The highest BCUT2D eigenvalue weighted by Gasteiger charge is 2.49. The second kappa shape index (κ2) is 6.22. The smallest absolute Gasteiger partial charge is 0.317 e. The maximum atomic E-state index is 12.4. The molecule has 6 nitrogen and oxygen atoms in total. The Bertz CT molecular complexity index is 410. The lowest BCUT2D eigenvalue weighted by atomic mass is 9.81. The van der Waals surface area contributed by atoms with Crippen LogP contribution in [-0.2, 0) is 14.3 Å². The van der Waals surface area contributed by atoms with Gasteiger partial charge < -0.3 is 19.7 Å². The Labute approximate surface area is 126 Å². The maximum Gasteiger partial charge on any atom is 0.317 e. The van der Waals surface area contributed by atoms with Gasteiger partial charge >= 0.3 is 12.0 Å². The summed E-state index contributed by atoms with van der Waals surface area (Å²) in [7, 11) is 3.04. The van der Waals surface area contributed by atoms with Gasteiger partial charge in [0.15, 0.2) is 0 Å². The molecule has 1 unspecified atom stereocenters. The van der Waals surface area contributed by atoms with Crippen molar-refractivity contribution in [1.82, 2.24) is 10.2 Å². The number of hydrogen-bond acceptors (Lipinski definition) is 4. The van der Waals surface area contributed by atoms with Crippen molar-refractivity contribution in [3.8, 4) is 0 Å². The van der Waals surface area contributed by atoms with Crippen molar-refractivity contribution < 1.29 is 19.1 Å². The number of hydrogen-bond donors (Lipinski definition) is 1. The van der Waals surface area contributed by atoms with Crippen molar-refractivity contribution in [2.45, 2.75) is 32.7 Å². The highest BCUT2D eigenvalue weighted by atomic mass is 16.5. The van der Waals surface area contributed by atoms with Gasteiger partial charge in [0.25, 0.3) is 0 Å². The third kappa shape index (κ3) is 3.31. The van der Waals surface area contributed by atoms with Crippen LogP contribution in [0, 0.1) is 17.3 Å². The lowest BCUT2D eigenvalue weighted by Gasteiger charge is -2.25. The van der Waals surface area contributed by atoms with E-state index >= 15 is 0 Å². The van der Waals surface area contributed by atoms with E-state index in [-0.39, 0.29) is 24.0 Å². The molecule has 120 valence electrons. The molecule has 1 heterocycles. The molecule has 0 aromatic carbocycles. The largest absolute Gasteiger partial charge is 0.469 e. The third-order valence-electron chi connectivity index (χ3n) is 4.89. The zero-order chi connectivity index (χ0) is 15.6. The maximum absolute atomic E-state index is 12.4. The van der Waals surface area contributed by atoms with Crippen molar-refractivity contribution in [1.29, 1.82) is 0 Å². The lowest BCUT2D eigenvalue weighted by molar-refractivity contribution is -0.152. The van der Waals surface area contributed by atoms with Crippen LogP contribution in [0.2, 0.25) is 0 Å². The number of ether oxygens (including phenoxy) is 2. The second-order valence-electron chi connectivity index (χ2n) is 6.54. The molecule has 1 aliphatic carbocycles. The molecule has 0 radical (unpaired) electrons. The van der Waals surface area contributed by atoms with Gasteiger partial charge in [-0.15, -0.1) is 0 Å². The van der Waals surface area contributed by atoms with Crippen molar-refractivity contribution in [3.05, 3.63) is 0 Å². The Hall–Kier alpha value is -1.30. The molecule has 2 aliphatic rings. The topological polar surface area (TPSA) is 67.9 Å². The quantitative estimate of drug-likeness (QED) is 0.776. The summed E-state index contributed by atoms with van der Waals surface area (Å²) >= 11 is 0. The molecule has 0 bridgehead atoms. The summed E-state index contributed by atoms with van der Waals surface area (Å²) in [4.78, 5) is 26.1. The van der Waals surface area contributed by atoms with Gasteiger partial charge in [0.2, 0.25) is 0 Å². The van der Waals surface area contributed by atoms with Crippen LogP contribution >= 0.6 is 0 Å². The molecule has 0 aromatic rings. The summed E-state index contributed by atoms with van der Waals surface area (Å²) < 4.78 is 10.1. The lowest BCUT2D eigenvalue weighted by Crippen LogP contribution is -2.47. The van der Waals surface area contributed by atoms with E-state index in [1.54, 1.807) is 12.0 Å². The Balaban J connectivity index is 1.96. The van der Waals surface area contributed by atoms with Gasteiger partial charge in [-0.1, -0.05) is 6.92 Å². The number of esters is 1. The first-order valence-corrected chi connectivity index (χ1v) is 7.55. The van der Waals surface area contributed by atoms with Gasteiger partial charge in [-0.3, -0.25) is 4.79 Å². The van der Waals surface area contributed by atoms with Crippen molar-refractivity contribution in [2.75, 3.05) is 33.9 Å². The molecule has 0 aromatic heterocycles. The Morgan fingerprint density at radius 3 is 2.57 bits per heavy atom. The van der Waals surface area contributed by atoms with Crippen LogP contribution < -0.4 is 5.32 Å². The van der Waals surface area contributed by atoms with Gasteiger partial charge in [0, 0.05) is 20.2 Å². The fourth-order valence-corrected chi connectivity index (χ4v) is 3.03. The van der Waals surface area contributed by atoms with Gasteiger partial charge in [-0.05, 0) is 31.6 Å². The molecular formula is C15H26N2O4. The fraction of sp³-hybridized carbons (Fsp3) is 0.867. The number of methoxy groups -OCH3 is 2. The molecule has 6 heteroatoms. The molecule has 1 aliphatic heterocycles. The number of likely N-dealkylation sites (tertiary alicyclic amines) is 1. The van der Waals surface area contributed by atoms with Gasteiger partial charge in [-0.25, -0.2) is 4.79 Å². The zero-order valence-corrected chi connectivity index (χ0v) is 13.3. The molecule has 21 heavy (non-hydrogen) atoms. The van der Waals surface area contributed by atoms with E-state index in [0.29, 0.717) is 25.6 Å². The number of nitrogens with one attached hydrogen (secondary N) is 1. The van der Waals surface area contributed by atoms with E-state index in [1.165, 1.54) is 7.11 Å². The normalized spacial score (nSPS) is 30.1. The number of amides is 2. The first-order chi connectivity index (χ1) is 9.92. The molecule has 2 amide bonds. The van der Waals surface area contributed by atoms with E-state index in [9.17, 15) is 9.59 Å². The summed E-state index contributed by atoms with van der Waals surface area (Å²) in [6.45, 7) is 5.36. The average molecular weight is 298 g/mol. The van der Waals surface area contributed by atoms with Crippen LogP contribution in [0.15, 0.2) is 0 Å². The van der Waals surface area contributed by atoms with E-state index in [4.69, 9.17) is 9.47 Å². The van der Waals surface area contributed by atoms with Crippen LogP contribution in [0.1, 0.15) is 26.7 Å². The highest BCUT2D eigenvalue weighted by Crippen LogP contribution is 2.37. The summed E-state index contributed by atoms with van der Waals surface area (Å²) in [5, 5.41) is 3.05. The molecule has 2 fully saturated rings. The number of carbonyl (C=O) groups excluding carboxylic acids is 2. The Kier molecular flexibility index (Phi) is 4.76. The van der Waals surface area contributed by atoms with Crippen molar-refractivity contribution in [3.63, 3.8) is 0 Å². The van der Waals surface area contributed by atoms with E-state index in [2.05, 4.69) is 5.32 Å². The molecular weight excluding hydrogens is 272 g/mol. The van der Waals surface area contributed by atoms with Crippen molar-refractivity contribution in [2.24, 2.45) is 17.3 Å². The minimum absolute atomic E-state index is 0.0720. The third-order valence-corrected chi connectivity index (χ3v) is 4.89. The molecule has 0 spiro atoms. The Morgan fingerprint density at radius 1 is 1.38 bits per heavy atom. The fourth-order valence-electron chi connectivity index (χ4n) is 3.03. The van der Waals surface area contributed by atoms with Gasteiger partial charge in [0.05, 0.1) is 25.2 Å². The van der Waals surface area contributed by atoms with Crippen LogP contribution in [0.5, 0.6) is 0 Å². The standard InChI is InChI=1S/C15H26N2O4/c1-10-7-17(9-15(10,2)13(18)21-4)14(19)16-12(8-20-3)11-5-6-11/h10-12H,5-9H2,1-4H3,(H,16,19)/t10-,12?,15-/m1/s1. The molecule has 1 N–H and O–H groups in total. The first kappa shape index (κ1) is 16.1. The predicted molar refractivity (Wildman–Crippen MR) is 77.8 cm³/mol. The van der Waals surface area contributed by atoms with Gasteiger partial charge in [-0.2, -0.15) is 0 Å². The van der Waals surface area contributed by atoms with Gasteiger partial charge in [0.1, 0.15) is 0 Å². The summed E-state index contributed by atoms with van der Waals surface area (Å²) in [6.07, 6.45) is 2.29. The number of rotatable bonds is 5. The predicted octanol–water partition coefficient (Wildman–Crippen LogP) is 1.25. The number of carbonyl (C=O) groups is 2. The van der Waals surface area contributed by atoms with E-state index in [1.807, 2.05) is 13.8 Å². The average Bonchev–Trinajstić information content (AvgIpc) is 3.24. The van der Waals surface area contributed by atoms with Crippen molar-refractivity contribution >= 4 is 12.0 Å². The first-order valence-electron chi connectivity index (χ1n) is 7.55. The highest BCUT2D eigenvalue weighted by molar-refractivity contribution is 5.81. The Morgan fingerprint density at radius 2 is 2.05 bits per heavy atom. The van der Waals surface area contributed by atoms with E-state index < -0.39 is 5.41 Å². The zero-order valence-electron chi connectivity index (χ0n) is 13.3. The molecule has 3 atom stereocenters. The molecule has 1 saturated carbocycles. The minimum atomic E-state index is -0.623. The van der Waals surface area contributed by atoms with E-state index in [0.717, 1.165) is 12.8 Å². The van der Waals surface area contributed by atoms with Crippen LogP contribution in [-0.4, -0.2) is 56.9 Å². The summed E-state index contributed by atoms with van der Waals surface area (Å²) in [6, 6.07) is -0.0359. The minimum Gasteiger partial charge on any atom is -0.469 e. The molecule has 2 rings (SSSR count). The number of nitrogens with zero attached hydrogens (tertiary/aromatic N) is 1. The van der Waals surface area contributed by atoms with Crippen LogP contribution in [0.4, 0.5) is 4.79 Å². The monoisotopic (exact) mass is 298 g/mol. The second-order valence-corrected chi connectivity index (χ2v) is 6.54. The van der Waals surface area contributed by atoms with Crippen LogP contribution in [0.3, 0.4) is 0 Å².